The fourth-order valence-electron chi connectivity index (χ4n) is 2.05. The third-order valence-electron chi connectivity index (χ3n) is 3.05. The highest BCUT2D eigenvalue weighted by molar-refractivity contribution is 5.47. The van der Waals surface area contributed by atoms with Crippen LogP contribution in [0.1, 0.15) is 19.8 Å². The van der Waals surface area contributed by atoms with Crippen LogP contribution in [0.2, 0.25) is 0 Å². The highest BCUT2D eigenvalue weighted by atomic mass is 19.1. The smallest absolute Gasteiger partial charge is 0.123 e. The third-order valence-corrected chi connectivity index (χ3v) is 3.05. The lowest BCUT2D eigenvalue weighted by atomic mass is 10.1. The second-order valence-electron chi connectivity index (χ2n) is 3.99. The van der Waals surface area contributed by atoms with Crippen molar-refractivity contribution in [2.75, 3.05) is 18.0 Å². The summed E-state index contributed by atoms with van der Waals surface area (Å²) in [5.74, 6) is 0.667. The van der Waals surface area contributed by atoms with Gasteiger partial charge in [-0.15, -0.1) is 0 Å². The Morgan fingerprint density at radius 3 is 2.64 bits per heavy atom. The third kappa shape index (κ3) is 1.89. The van der Waals surface area contributed by atoms with Crippen molar-refractivity contribution in [3.63, 3.8) is 0 Å². The summed E-state index contributed by atoms with van der Waals surface area (Å²) in [7, 11) is 0. The molecule has 1 heterocycles. The van der Waals surface area contributed by atoms with Crippen molar-refractivity contribution in [2.24, 2.45) is 5.92 Å². The standard InChI is InChI=1S/C12H16FN/c1-2-10-7-8-14(9-10)12-5-3-11(13)4-6-12/h3-6,10H,2,7-9H2,1H3. The average Bonchev–Trinajstić information content (AvgIpc) is 2.67. The van der Waals surface area contributed by atoms with Crippen LogP contribution in [0.15, 0.2) is 24.3 Å². The molecule has 0 amide bonds. The summed E-state index contributed by atoms with van der Waals surface area (Å²) in [6, 6.07) is 6.81. The summed E-state index contributed by atoms with van der Waals surface area (Å²) in [5, 5.41) is 0. The van der Waals surface area contributed by atoms with Gasteiger partial charge in [0.1, 0.15) is 5.82 Å². The van der Waals surface area contributed by atoms with E-state index in [0.717, 1.165) is 24.7 Å². The maximum atomic E-state index is 12.7. The van der Waals surface area contributed by atoms with E-state index in [1.54, 1.807) is 0 Å². The minimum Gasteiger partial charge on any atom is -0.371 e. The molecular formula is C12H16FN. The minimum atomic E-state index is -0.153. The Morgan fingerprint density at radius 2 is 2.07 bits per heavy atom. The molecule has 0 aliphatic carbocycles. The molecule has 0 spiro atoms. The first kappa shape index (κ1) is 9.50. The van der Waals surface area contributed by atoms with Gasteiger partial charge in [-0.2, -0.15) is 0 Å². The van der Waals surface area contributed by atoms with E-state index in [9.17, 15) is 4.39 Å². The summed E-state index contributed by atoms with van der Waals surface area (Å²) in [6.07, 6.45) is 2.52. The summed E-state index contributed by atoms with van der Waals surface area (Å²) < 4.78 is 12.7. The Balaban J connectivity index is 2.06. The molecule has 0 radical (unpaired) electrons. The molecule has 1 fully saturated rings. The highest BCUT2D eigenvalue weighted by Gasteiger charge is 2.20. The number of halogens is 1. The van der Waals surface area contributed by atoms with Gasteiger partial charge < -0.3 is 4.90 Å². The second kappa shape index (κ2) is 3.99. The Hall–Kier alpha value is -1.05. The van der Waals surface area contributed by atoms with Crippen molar-refractivity contribution in [1.29, 1.82) is 0 Å². The zero-order chi connectivity index (χ0) is 9.97. The van der Waals surface area contributed by atoms with Gasteiger partial charge in [0.15, 0.2) is 0 Å². The van der Waals surface area contributed by atoms with Gasteiger partial charge in [-0.05, 0) is 36.6 Å². The quantitative estimate of drug-likeness (QED) is 0.697. The summed E-state index contributed by atoms with van der Waals surface area (Å²) in [4.78, 5) is 2.34. The van der Waals surface area contributed by atoms with Crippen LogP contribution in [-0.4, -0.2) is 13.1 Å². The SMILES string of the molecule is CCC1CCN(c2ccc(F)cc2)C1. The molecule has 0 saturated carbocycles. The van der Waals surface area contributed by atoms with Gasteiger partial charge in [-0.3, -0.25) is 0 Å². The van der Waals surface area contributed by atoms with E-state index in [2.05, 4.69) is 11.8 Å². The van der Waals surface area contributed by atoms with Gasteiger partial charge in [0.25, 0.3) is 0 Å². The number of hydrogen-bond acceptors (Lipinski definition) is 1. The molecule has 1 aliphatic rings. The van der Waals surface area contributed by atoms with Gasteiger partial charge in [-0.25, -0.2) is 4.39 Å². The number of anilines is 1. The molecule has 1 atom stereocenters. The van der Waals surface area contributed by atoms with Gasteiger partial charge in [0.2, 0.25) is 0 Å². The second-order valence-corrected chi connectivity index (χ2v) is 3.99. The first-order valence-electron chi connectivity index (χ1n) is 5.30. The largest absolute Gasteiger partial charge is 0.371 e. The van der Waals surface area contributed by atoms with Crippen LogP contribution in [0.5, 0.6) is 0 Å². The van der Waals surface area contributed by atoms with Gasteiger partial charge in [0.05, 0.1) is 0 Å². The van der Waals surface area contributed by atoms with Gasteiger partial charge in [0, 0.05) is 18.8 Å². The normalized spacial score (nSPS) is 21.6. The van der Waals surface area contributed by atoms with E-state index in [0.29, 0.717) is 0 Å². The summed E-state index contributed by atoms with van der Waals surface area (Å²) in [6.45, 7) is 4.48. The topological polar surface area (TPSA) is 3.24 Å². The molecule has 14 heavy (non-hydrogen) atoms. The zero-order valence-corrected chi connectivity index (χ0v) is 8.54. The van der Waals surface area contributed by atoms with Crippen LogP contribution in [0.3, 0.4) is 0 Å². The molecule has 76 valence electrons. The molecule has 1 aromatic rings. The molecule has 0 aromatic heterocycles. The van der Waals surface area contributed by atoms with E-state index in [1.165, 1.54) is 25.0 Å². The Morgan fingerprint density at radius 1 is 1.36 bits per heavy atom. The van der Waals surface area contributed by atoms with Crippen molar-refractivity contribution < 1.29 is 4.39 Å². The van der Waals surface area contributed by atoms with E-state index < -0.39 is 0 Å². The Kier molecular flexibility index (Phi) is 2.71. The maximum Gasteiger partial charge on any atom is 0.123 e. The fraction of sp³-hybridized carbons (Fsp3) is 0.500. The molecule has 1 nitrogen and oxygen atoms in total. The predicted octanol–water partition coefficient (Wildman–Crippen LogP) is 3.06. The van der Waals surface area contributed by atoms with Crippen LogP contribution in [0.25, 0.3) is 0 Å². The first-order valence-corrected chi connectivity index (χ1v) is 5.30. The first-order chi connectivity index (χ1) is 6.79. The van der Waals surface area contributed by atoms with Crippen molar-refractivity contribution in [3.8, 4) is 0 Å². The molecule has 0 bridgehead atoms. The molecule has 2 heteroatoms. The van der Waals surface area contributed by atoms with Crippen LogP contribution in [0.4, 0.5) is 10.1 Å². The summed E-state index contributed by atoms with van der Waals surface area (Å²) in [5.41, 5.74) is 1.15. The van der Waals surface area contributed by atoms with Crippen molar-refractivity contribution in [2.45, 2.75) is 19.8 Å². The van der Waals surface area contributed by atoms with E-state index in [4.69, 9.17) is 0 Å². The zero-order valence-electron chi connectivity index (χ0n) is 8.54. The van der Waals surface area contributed by atoms with Crippen molar-refractivity contribution in [3.05, 3.63) is 30.1 Å². The number of nitrogens with zero attached hydrogens (tertiary/aromatic N) is 1. The number of benzene rings is 1. The molecule has 1 aromatic carbocycles. The van der Waals surface area contributed by atoms with E-state index >= 15 is 0 Å². The van der Waals surface area contributed by atoms with Crippen LogP contribution >= 0.6 is 0 Å². The molecule has 1 aliphatic heterocycles. The summed E-state index contributed by atoms with van der Waals surface area (Å²) >= 11 is 0. The predicted molar refractivity (Wildman–Crippen MR) is 57.0 cm³/mol. The Labute approximate surface area is 84.5 Å². The fourth-order valence-corrected chi connectivity index (χ4v) is 2.05. The molecule has 1 saturated heterocycles. The molecule has 1 unspecified atom stereocenters. The number of rotatable bonds is 2. The minimum absolute atomic E-state index is 0.153. The lowest BCUT2D eigenvalue weighted by Gasteiger charge is -2.18. The monoisotopic (exact) mass is 193 g/mol. The Bertz CT molecular complexity index is 294. The van der Waals surface area contributed by atoms with Crippen LogP contribution in [0, 0.1) is 11.7 Å². The lowest BCUT2D eigenvalue weighted by molar-refractivity contribution is 0.569. The molecule has 0 N–H and O–H groups in total. The highest BCUT2D eigenvalue weighted by Crippen LogP contribution is 2.25. The van der Waals surface area contributed by atoms with Crippen LogP contribution < -0.4 is 4.90 Å². The van der Waals surface area contributed by atoms with Crippen molar-refractivity contribution >= 4 is 5.69 Å². The van der Waals surface area contributed by atoms with Crippen LogP contribution in [-0.2, 0) is 0 Å². The molecule has 2 rings (SSSR count). The lowest BCUT2D eigenvalue weighted by Crippen LogP contribution is -2.19. The molecular weight excluding hydrogens is 177 g/mol. The van der Waals surface area contributed by atoms with Crippen molar-refractivity contribution in [1.82, 2.24) is 0 Å². The van der Waals surface area contributed by atoms with E-state index in [-0.39, 0.29) is 5.82 Å². The maximum absolute atomic E-state index is 12.7. The van der Waals surface area contributed by atoms with Gasteiger partial charge in [-0.1, -0.05) is 13.3 Å². The number of hydrogen-bond donors (Lipinski definition) is 0. The van der Waals surface area contributed by atoms with Gasteiger partial charge >= 0.3 is 0 Å². The average molecular weight is 193 g/mol. The van der Waals surface area contributed by atoms with E-state index in [1.807, 2.05) is 12.1 Å².